The summed E-state index contributed by atoms with van der Waals surface area (Å²) in [5, 5.41) is 12.4. The Morgan fingerprint density at radius 1 is 1.13 bits per heavy atom. The van der Waals surface area contributed by atoms with Crippen LogP contribution in [-0.4, -0.2) is 22.8 Å². The van der Waals surface area contributed by atoms with Gasteiger partial charge < -0.3 is 10.4 Å². The highest BCUT2D eigenvalue weighted by molar-refractivity contribution is 5.98. The maximum Gasteiger partial charge on any atom is 0.310 e. The van der Waals surface area contributed by atoms with Crippen molar-refractivity contribution in [3.05, 3.63) is 29.8 Å². The van der Waals surface area contributed by atoms with Gasteiger partial charge in [0.25, 0.3) is 0 Å². The first-order valence-electron chi connectivity index (χ1n) is 8.07. The number of hydrogen-bond donors (Lipinski definition) is 2. The maximum atomic E-state index is 12.3. The lowest BCUT2D eigenvalue weighted by molar-refractivity contribution is -0.152. The van der Waals surface area contributed by atoms with E-state index in [1.54, 1.807) is 24.3 Å². The number of Topliss-reactive ketones (excluding diaryl/α,β-unsaturated/α-hetero) is 1. The van der Waals surface area contributed by atoms with Gasteiger partial charge in [-0.15, -0.1) is 0 Å². The Bertz CT molecular complexity index is 601. The molecule has 5 nitrogen and oxygen atoms in total. The Labute approximate surface area is 136 Å². The van der Waals surface area contributed by atoms with E-state index in [0.717, 1.165) is 25.7 Å². The highest BCUT2D eigenvalue weighted by Gasteiger charge is 2.40. The standard InChI is InChI=1S/C18H23NO4/c1-13(20)14-7-6-8-15(11-14)19-16(21)12-18(17(22)23)9-4-2-3-5-10-18/h6-8,11H,2-5,9-10,12H2,1H3,(H,19,21)(H,22,23). The number of rotatable bonds is 5. The highest BCUT2D eigenvalue weighted by atomic mass is 16.4. The van der Waals surface area contributed by atoms with Crippen molar-refractivity contribution in [1.82, 2.24) is 0 Å². The van der Waals surface area contributed by atoms with Gasteiger partial charge in [-0.3, -0.25) is 14.4 Å². The van der Waals surface area contributed by atoms with Crippen LogP contribution in [-0.2, 0) is 9.59 Å². The molecule has 1 aromatic carbocycles. The molecule has 2 N–H and O–H groups in total. The lowest BCUT2D eigenvalue weighted by atomic mass is 9.77. The number of anilines is 1. The number of carbonyl (C=O) groups excluding carboxylic acids is 2. The van der Waals surface area contributed by atoms with Crippen molar-refractivity contribution in [3.63, 3.8) is 0 Å². The van der Waals surface area contributed by atoms with Crippen molar-refractivity contribution in [2.75, 3.05) is 5.32 Å². The molecule has 23 heavy (non-hydrogen) atoms. The minimum Gasteiger partial charge on any atom is -0.481 e. The largest absolute Gasteiger partial charge is 0.481 e. The second-order valence-corrected chi connectivity index (χ2v) is 6.36. The Morgan fingerprint density at radius 2 is 1.78 bits per heavy atom. The van der Waals surface area contributed by atoms with E-state index < -0.39 is 11.4 Å². The summed E-state index contributed by atoms with van der Waals surface area (Å²) in [6, 6.07) is 6.69. The molecule has 1 aliphatic carbocycles. The number of amides is 1. The van der Waals surface area contributed by atoms with E-state index in [0.29, 0.717) is 24.1 Å². The molecule has 0 bridgehead atoms. The third kappa shape index (κ3) is 4.41. The van der Waals surface area contributed by atoms with E-state index >= 15 is 0 Å². The van der Waals surface area contributed by atoms with Gasteiger partial charge in [0, 0.05) is 17.7 Å². The number of carboxylic acid groups (broad SMARTS) is 1. The van der Waals surface area contributed by atoms with Crippen molar-refractivity contribution in [3.8, 4) is 0 Å². The van der Waals surface area contributed by atoms with Crippen LogP contribution in [0.5, 0.6) is 0 Å². The molecule has 0 aromatic heterocycles. The summed E-state index contributed by atoms with van der Waals surface area (Å²) in [6.07, 6.45) is 4.81. The van der Waals surface area contributed by atoms with Crippen molar-refractivity contribution in [1.29, 1.82) is 0 Å². The number of aliphatic carboxylic acids is 1. The zero-order valence-corrected chi connectivity index (χ0v) is 13.4. The minimum atomic E-state index is -0.960. The fraction of sp³-hybridized carbons (Fsp3) is 0.500. The predicted octanol–water partition coefficient (Wildman–Crippen LogP) is 3.64. The molecular weight excluding hydrogens is 294 g/mol. The first kappa shape index (κ1) is 17.2. The molecule has 0 unspecified atom stereocenters. The van der Waals surface area contributed by atoms with E-state index in [4.69, 9.17) is 0 Å². The second-order valence-electron chi connectivity index (χ2n) is 6.36. The predicted molar refractivity (Wildman–Crippen MR) is 87.5 cm³/mol. The molecule has 2 rings (SSSR count). The van der Waals surface area contributed by atoms with Crippen LogP contribution in [0.15, 0.2) is 24.3 Å². The van der Waals surface area contributed by atoms with E-state index in [2.05, 4.69) is 5.32 Å². The third-order valence-corrected chi connectivity index (χ3v) is 4.57. The van der Waals surface area contributed by atoms with Gasteiger partial charge in [-0.25, -0.2) is 0 Å². The fourth-order valence-corrected chi connectivity index (χ4v) is 3.20. The zero-order chi connectivity index (χ0) is 16.9. The number of nitrogens with one attached hydrogen (secondary N) is 1. The number of carboxylic acids is 1. The molecule has 1 aromatic rings. The number of hydrogen-bond acceptors (Lipinski definition) is 3. The molecule has 124 valence electrons. The van der Waals surface area contributed by atoms with Crippen LogP contribution < -0.4 is 5.32 Å². The van der Waals surface area contributed by atoms with Gasteiger partial charge in [0.2, 0.25) is 5.91 Å². The molecule has 5 heteroatoms. The average molecular weight is 317 g/mol. The van der Waals surface area contributed by atoms with Gasteiger partial charge in [0.15, 0.2) is 5.78 Å². The molecule has 0 heterocycles. The molecular formula is C18H23NO4. The van der Waals surface area contributed by atoms with Crippen LogP contribution in [0.4, 0.5) is 5.69 Å². The average Bonchev–Trinajstić information content (AvgIpc) is 2.74. The van der Waals surface area contributed by atoms with E-state index in [9.17, 15) is 19.5 Å². The fourth-order valence-electron chi connectivity index (χ4n) is 3.20. The van der Waals surface area contributed by atoms with Crippen LogP contribution in [0.3, 0.4) is 0 Å². The Hall–Kier alpha value is -2.17. The van der Waals surface area contributed by atoms with Gasteiger partial charge in [0.05, 0.1) is 5.41 Å². The molecule has 0 saturated heterocycles. The summed E-state index contributed by atoms with van der Waals surface area (Å²) in [5.74, 6) is -1.27. The normalized spacial score (nSPS) is 17.1. The first-order chi connectivity index (χ1) is 10.9. The quantitative estimate of drug-likeness (QED) is 0.641. The molecule has 0 spiro atoms. The smallest absolute Gasteiger partial charge is 0.310 e. The molecule has 0 radical (unpaired) electrons. The Kier molecular flexibility index (Phi) is 5.53. The van der Waals surface area contributed by atoms with Crippen LogP contribution in [0, 0.1) is 5.41 Å². The molecule has 1 saturated carbocycles. The molecule has 0 atom stereocenters. The summed E-state index contributed by atoms with van der Waals surface area (Å²) >= 11 is 0. The van der Waals surface area contributed by atoms with Crippen LogP contribution in [0.2, 0.25) is 0 Å². The lowest BCUT2D eigenvalue weighted by Crippen LogP contribution is -2.35. The van der Waals surface area contributed by atoms with E-state index in [-0.39, 0.29) is 18.1 Å². The number of benzene rings is 1. The Morgan fingerprint density at radius 3 is 2.35 bits per heavy atom. The summed E-state index contributed by atoms with van der Waals surface area (Å²) in [7, 11) is 0. The monoisotopic (exact) mass is 317 g/mol. The van der Waals surface area contributed by atoms with Crippen molar-refractivity contribution >= 4 is 23.3 Å². The number of carbonyl (C=O) groups is 3. The van der Waals surface area contributed by atoms with Crippen LogP contribution in [0.1, 0.15) is 62.2 Å². The zero-order valence-electron chi connectivity index (χ0n) is 13.4. The van der Waals surface area contributed by atoms with Gasteiger partial charge in [-0.1, -0.05) is 37.8 Å². The lowest BCUT2D eigenvalue weighted by Gasteiger charge is -2.27. The van der Waals surface area contributed by atoms with Gasteiger partial charge in [-0.2, -0.15) is 0 Å². The van der Waals surface area contributed by atoms with E-state index in [1.807, 2.05) is 0 Å². The topological polar surface area (TPSA) is 83.5 Å². The summed E-state index contributed by atoms with van der Waals surface area (Å²) in [5.41, 5.74) is 0.0840. The number of ketones is 1. The first-order valence-corrected chi connectivity index (χ1v) is 8.07. The Balaban J connectivity index is 2.09. The van der Waals surface area contributed by atoms with Crippen molar-refractivity contribution in [2.24, 2.45) is 5.41 Å². The van der Waals surface area contributed by atoms with Crippen molar-refractivity contribution in [2.45, 2.75) is 51.9 Å². The molecule has 0 aliphatic heterocycles. The summed E-state index contributed by atoms with van der Waals surface area (Å²) in [4.78, 5) is 35.4. The second kappa shape index (κ2) is 7.40. The summed E-state index contributed by atoms with van der Waals surface area (Å²) in [6.45, 7) is 1.46. The minimum absolute atomic E-state index is 0.0212. The molecule has 1 amide bonds. The van der Waals surface area contributed by atoms with Gasteiger partial charge in [0.1, 0.15) is 0 Å². The van der Waals surface area contributed by atoms with Crippen LogP contribution >= 0.6 is 0 Å². The van der Waals surface area contributed by atoms with Gasteiger partial charge in [-0.05, 0) is 31.9 Å². The van der Waals surface area contributed by atoms with E-state index in [1.165, 1.54) is 6.92 Å². The molecule has 1 aliphatic rings. The third-order valence-electron chi connectivity index (χ3n) is 4.57. The molecule has 1 fully saturated rings. The maximum absolute atomic E-state index is 12.3. The van der Waals surface area contributed by atoms with Crippen LogP contribution in [0.25, 0.3) is 0 Å². The van der Waals surface area contributed by atoms with Gasteiger partial charge >= 0.3 is 5.97 Å². The highest BCUT2D eigenvalue weighted by Crippen LogP contribution is 2.38. The SMILES string of the molecule is CC(=O)c1cccc(NC(=O)CC2(C(=O)O)CCCCCC2)c1. The van der Waals surface area contributed by atoms with Crippen molar-refractivity contribution < 1.29 is 19.5 Å². The summed E-state index contributed by atoms with van der Waals surface area (Å²) < 4.78 is 0.